The van der Waals surface area contributed by atoms with Crippen LogP contribution in [0.1, 0.15) is 10.5 Å². The number of ether oxygens (including phenoxy) is 1. The molecular formula is C11H13F3N2O4. The molecule has 6 nitrogen and oxygen atoms in total. The summed E-state index contributed by atoms with van der Waals surface area (Å²) in [6, 6.07) is 1.11. The van der Waals surface area contributed by atoms with Crippen molar-refractivity contribution < 1.29 is 32.6 Å². The fourth-order valence-corrected chi connectivity index (χ4v) is 1.52. The van der Waals surface area contributed by atoms with Crippen LogP contribution in [-0.2, 0) is 16.1 Å². The fourth-order valence-electron chi connectivity index (χ4n) is 1.52. The monoisotopic (exact) mass is 294 g/mol. The lowest BCUT2D eigenvalue weighted by Crippen LogP contribution is -2.44. The van der Waals surface area contributed by atoms with E-state index in [0.717, 1.165) is 6.20 Å². The number of aliphatic carboxylic acids is 1. The van der Waals surface area contributed by atoms with Gasteiger partial charge in [-0.3, -0.25) is 4.79 Å². The number of carboxylic acids is 1. The molecule has 1 amide bonds. The molecule has 1 rings (SSSR count). The number of carboxylic acid groups (broad SMARTS) is 1. The van der Waals surface area contributed by atoms with Crippen molar-refractivity contribution in [2.24, 2.45) is 0 Å². The quantitative estimate of drug-likeness (QED) is 0.816. The molecule has 1 heterocycles. The van der Waals surface area contributed by atoms with Gasteiger partial charge in [-0.25, -0.2) is 4.79 Å². The fraction of sp³-hybridized carbons (Fsp3) is 0.455. The van der Waals surface area contributed by atoms with Crippen LogP contribution >= 0.6 is 0 Å². The van der Waals surface area contributed by atoms with Crippen molar-refractivity contribution in [1.82, 2.24) is 9.88 Å². The molecule has 0 aromatic carbocycles. The van der Waals surface area contributed by atoms with E-state index in [4.69, 9.17) is 5.11 Å². The highest BCUT2D eigenvalue weighted by molar-refractivity contribution is 5.95. The molecular weight excluding hydrogens is 281 g/mol. The average molecular weight is 294 g/mol. The van der Waals surface area contributed by atoms with Crippen LogP contribution in [0.25, 0.3) is 0 Å². The molecule has 0 fully saturated rings. The van der Waals surface area contributed by atoms with Gasteiger partial charge >= 0.3 is 12.1 Å². The Balaban J connectivity index is 2.82. The summed E-state index contributed by atoms with van der Waals surface area (Å²) in [5, 5.41) is 10.9. The number of hydrogen-bond donors (Lipinski definition) is 2. The molecule has 9 heteroatoms. The second-order valence-electron chi connectivity index (χ2n) is 3.96. The maximum absolute atomic E-state index is 12.3. The van der Waals surface area contributed by atoms with Crippen molar-refractivity contribution in [3.8, 4) is 0 Å². The smallest absolute Gasteiger partial charge is 0.406 e. The third-order valence-electron chi connectivity index (χ3n) is 2.35. The second-order valence-corrected chi connectivity index (χ2v) is 3.96. The van der Waals surface area contributed by atoms with Crippen LogP contribution in [0.4, 0.5) is 13.2 Å². The molecule has 1 unspecified atom stereocenters. The van der Waals surface area contributed by atoms with Crippen LogP contribution in [0.5, 0.6) is 0 Å². The van der Waals surface area contributed by atoms with Crippen LogP contribution in [0.3, 0.4) is 0 Å². The number of rotatable bonds is 6. The van der Waals surface area contributed by atoms with Crippen molar-refractivity contribution in [2.75, 3.05) is 13.7 Å². The number of nitrogens with zero attached hydrogens (tertiary/aromatic N) is 1. The second kappa shape index (κ2) is 6.42. The molecule has 0 aliphatic carbocycles. The van der Waals surface area contributed by atoms with Crippen molar-refractivity contribution in [3.63, 3.8) is 0 Å². The van der Waals surface area contributed by atoms with Gasteiger partial charge in [0.25, 0.3) is 5.91 Å². The molecule has 20 heavy (non-hydrogen) atoms. The first kappa shape index (κ1) is 16.0. The lowest BCUT2D eigenvalue weighted by molar-refractivity contribution is -0.142. The normalized spacial score (nSPS) is 13.0. The van der Waals surface area contributed by atoms with Crippen LogP contribution in [0.2, 0.25) is 0 Å². The Hall–Kier alpha value is -2.03. The van der Waals surface area contributed by atoms with Crippen LogP contribution in [0.15, 0.2) is 18.3 Å². The molecule has 0 aliphatic heterocycles. The van der Waals surface area contributed by atoms with Crippen LogP contribution < -0.4 is 5.32 Å². The standard InChI is InChI=1S/C11H13F3N2O4/c1-20-5-7(10(18)19)15-9(17)8-3-2-4-16(8)6-11(12,13)14/h2-4,7H,5-6H2,1H3,(H,15,17)(H,18,19). The molecule has 0 radical (unpaired) electrons. The number of carbonyl (C=O) groups is 2. The lowest BCUT2D eigenvalue weighted by atomic mass is 10.3. The molecule has 0 aliphatic rings. The van der Waals surface area contributed by atoms with Gasteiger partial charge in [0.2, 0.25) is 0 Å². The maximum Gasteiger partial charge on any atom is 0.406 e. The highest BCUT2D eigenvalue weighted by Crippen LogP contribution is 2.19. The summed E-state index contributed by atoms with van der Waals surface area (Å²) in [5.74, 6) is -2.25. The minimum atomic E-state index is -4.48. The summed E-state index contributed by atoms with van der Waals surface area (Å²) in [7, 11) is 1.24. The van der Waals surface area contributed by atoms with E-state index in [-0.39, 0.29) is 12.3 Å². The summed E-state index contributed by atoms with van der Waals surface area (Å²) in [6.07, 6.45) is -3.39. The van der Waals surface area contributed by atoms with Gasteiger partial charge in [0, 0.05) is 13.3 Å². The van der Waals surface area contributed by atoms with Gasteiger partial charge in [-0.2, -0.15) is 13.2 Å². The molecule has 1 aromatic rings. The Morgan fingerprint density at radius 2 is 2.15 bits per heavy atom. The number of halogens is 3. The first-order chi connectivity index (χ1) is 9.24. The Bertz CT molecular complexity index is 484. The predicted molar refractivity (Wildman–Crippen MR) is 61.3 cm³/mol. The lowest BCUT2D eigenvalue weighted by Gasteiger charge is -2.15. The third-order valence-corrected chi connectivity index (χ3v) is 2.35. The van der Waals surface area contributed by atoms with Crippen molar-refractivity contribution in [1.29, 1.82) is 0 Å². The number of hydrogen-bond acceptors (Lipinski definition) is 3. The van der Waals surface area contributed by atoms with E-state index in [1.807, 2.05) is 0 Å². The van der Waals surface area contributed by atoms with Gasteiger partial charge < -0.3 is 19.7 Å². The largest absolute Gasteiger partial charge is 0.480 e. The molecule has 112 valence electrons. The van der Waals surface area contributed by atoms with Gasteiger partial charge in [0.05, 0.1) is 6.61 Å². The van der Waals surface area contributed by atoms with Crippen molar-refractivity contribution in [3.05, 3.63) is 24.0 Å². The molecule has 1 aromatic heterocycles. The van der Waals surface area contributed by atoms with Crippen LogP contribution in [-0.4, -0.2) is 47.5 Å². The first-order valence-electron chi connectivity index (χ1n) is 5.49. The highest BCUT2D eigenvalue weighted by atomic mass is 19.4. The Morgan fingerprint density at radius 3 is 2.65 bits per heavy atom. The summed E-state index contributed by atoms with van der Waals surface area (Å²) in [5.41, 5.74) is -0.273. The Kier molecular flexibility index (Phi) is 5.14. The molecule has 1 atom stereocenters. The summed E-state index contributed by atoms with van der Waals surface area (Å²) < 4.78 is 42.2. The third kappa shape index (κ3) is 4.57. The number of methoxy groups -OCH3 is 1. The van der Waals surface area contributed by atoms with E-state index in [2.05, 4.69) is 10.1 Å². The molecule has 0 spiro atoms. The van der Waals surface area contributed by atoms with Gasteiger partial charge in [-0.15, -0.1) is 0 Å². The Morgan fingerprint density at radius 1 is 1.50 bits per heavy atom. The zero-order valence-corrected chi connectivity index (χ0v) is 10.5. The van der Waals surface area contributed by atoms with E-state index in [9.17, 15) is 22.8 Å². The van der Waals surface area contributed by atoms with Crippen LogP contribution in [0, 0.1) is 0 Å². The molecule has 2 N–H and O–H groups in total. The minimum Gasteiger partial charge on any atom is -0.480 e. The summed E-state index contributed by atoms with van der Waals surface area (Å²) >= 11 is 0. The van der Waals surface area contributed by atoms with E-state index in [1.165, 1.54) is 19.2 Å². The van der Waals surface area contributed by atoms with E-state index < -0.39 is 30.6 Å². The zero-order valence-electron chi connectivity index (χ0n) is 10.5. The van der Waals surface area contributed by atoms with E-state index in [0.29, 0.717) is 4.57 Å². The number of alkyl halides is 3. The molecule has 0 bridgehead atoms. The van der Waals surface area contributed by atoms with E-state index in [1.54, 1.807) is 0 Å². The van der Waals surface area contributed by atoms with Crippen molar-refractivity contribution in [2.45, 2.75) is 18.8 Å². The first-order valence-corrected chi connectivity index (χ1v) is 5.49. The zero-order chi connectivity index (χ0) is 15.3. The van der Waals surface area contributed by atoms with Crippen molar-refractivity contribution >= 4 is 11.9 Å². The molecule has 0 saturated carbocycles. The van der Waals surface area contributed by atoms with Gasteiger partial charge in [-0.05, 0) is 12.1 Å². The predicted octanol–water partition coefficient (Wildman–Crippen LogP) is 0.880. The summed E-state index contributed by atoms with van der Waals surface area (Å²) in [6.45, 7) is -1.62. The van der Waals surface area contributed by atoms with E-state index >= 15 is 0 Å². The molecule has 0 saturated heterocycles. The highest BCUT2D eigenvalue weighted by Gasteiger charge is 2.30. The SMILES string of the molecule is COCC(NC(=O)c1cccn1CC(F)(F)F)C(=O)O. The number of amides is 1. The Labute approximate surface area is 112 Å². The minimum absolute atomic E-state index is 0.273. The topological polar surface area (TPSA) is 80.6 Å². The number of nitrogens with one attached hydrogen (secondary N) is 1. The van der Waals surface area contributed by atoms with Gasteiger partial charge in [-0.1, -0.05) is 0 Å². The average Bonchev–Trinajstić information content (AvgIpc) is 2.73. The number of carbonyl (C=O) groups excluding carboxylic acids is 1. The van der Waals surface area contributed by atoms with Gasteiger partial charge in [0.1, 0.15) is 12.2 Å². The number of aromatic nitrogens is 1. The summed E-state index contributed by atoms with van der Waals surface area (Å²) in [4.78, 5) is 22.6. The van der Waals surface area contributed by atoms with Gasteiger partial charge in [0.15, 0.2) is 6.04 Å². The maximum atomic E-state index is 12.3.